The van der Waals surface area contributed by atoms with E-state index in [1.54, 1.807) is 0 Å². The Labute approximate surface area is 117 Å². The second kappa shape index (κ2) is 5.66. The largest absolute Gasteiger partial charge is 0.497 e. The highest BCUT2D eigenvalue weighted by Gasteiger charge is 2.43. The van der Waals surface area contributed by atoms with Gasteiger partial charge in [0.15, 0.2) is 0 Å². The SMILES string of the molecule is COc1cc(F)c(C(O)C2C(C)OC(C)C2C)c(F)c1. The van der Waals surface area contributed by atoms with Gasteiger partial charge in [0.05, 0.1) is 31.0 Å². The van der Waals surface area contributed by atoms with E-state index in [9.17, 15) is 13.9 Å². The minimum Gasteiger partial charge on any atom is -0.497 e. The van der Waals surface area contributed by atoms with Crippen LogP contribution in [0, 0.1) is 23.5 Å². The molecule has 1 aromatic rings. The van der Waals surface area contributed by atoms with Crippen molar-refractivity contribution in [2.45, 2.75) is 39.1 Å². The van der Waals surface area contributed by atoms with Crippen LogP contribution in [0.25, 0.3) is 0 Å². The third-order valence-electron chi connectivity index (χ3n) is 4.27. The van der Waals surface area contributed by atoms with Crippen LogP contribution in [-0.2, 0) is 4.74 Å². The molecule has 1 fully saturated rings. The van der Waals surface area contributed by atoms with Crippen molar-refractivity contribution < 1.29 is 23.4 Å². The van der Waals surface area contributed by atoms with Gasteiger partial charge in [-0.2, -0.15) is 0 Å². The molecule has 112 valence electrons. The smallest absolute Gasteiger partial charge is 0.135 e. The number of hydrogen-bond donors (Lipinski definition) is 1. The quantitative estimate of drug-likeness (QED) is 0.928. The third kappa shape index (κ3) is 2.52. The molecule has 0 saturated carbocycles. The molecule has 5 atom stereocenters. The number of rotatable bonds is 3. The molecule has 2 rings (SSSR count). The fraction of sp³-hybridized carbons (Fsp3) is 0.600. The average molecular weight is 286 g/mol. The molecule has 1 aliphatic heterocycles. The number of ether oxygens (including phenoxy) is 2. The first-order valence-corrected chi connectivity index (χ1v) is 6.73. The lowest BCUT2D eigenvalue weighted by Crippen LogP contribution is -2.26. The van der Waals surface area contributed by atoms with Gasteiger partial charge in [-0.3, -0.25) is 0 Å². The van der Waals surface area contributed by atoms with Crippen LogP contribution in [0.5, 0.6) is 5.75 Å². The third-order valence-corrected chi connectivity index (χ3v) is 4.27. The lowest BCUT2D eigenvalue weighted by molar-refractivity contribution is 0.0208. The lowest BCUT2D eigenvalue weighted by Gasteiger charge is -2.25. The summed E-state index contributed by atoms with van der Waals surface area (Å²) >= 11 is 0. The molecule has 0 radical (unpaired) electrons. The molecular formula is C15H20F2O3. The van der Waals surface area contributed by atoms with Gasteiger partial charge in [-0.15, -0.1) is 0 Å². The molecule has 0 bridgehead atoms. The van der Waals surface area contributed by atoms with Crippen LogP contribution in [0.2, 0.25) is 0 Å². The zero-order valence-corrected chi connectivity index (χ0v) is 12.1. The first-order chi connectivity index (χ1) is 9.36. The van der Waals surface area contributed by atoms with Crippen molar-refractivity contribution >= 4 is 0 Å². The molecule has 1 aromatic carbocycles. The van der Waals surface area contributed by atoms with Crippen LogP contribution in [0.15, 0.2) is 12.1 Å². The van der Waals surface area contributed by atoms with Crippen LogP contribution >= 0.6 is 0 Å². The Hall–Kier alpha value is -1.20. The fourth-order valence-corrected chi connectivity index (χ4v) is 2.99. The fourth-order valence-electron chi connectivity index (χ4n) is 2.99. The van der Waals surface area contributed by atoms with Gasteiger partial charge in [0.2, 0.25) is 0 Å². The summed E-state index contributed by atoms with van der Waals surface area (Å²) in [4.78, 5) is 0. The van der Waals surface area contributed by atoms with Crippen molar-refractivity contribution in [2.24, 2.45) is 11.8 Å². The van der Waals surface area contributed by atoms with Crippen molar-refractivity contribution in [1.29, 1.82) is 0 Å². The molecule has 5 heteroatoms. The van der Waals surface area contributed by atoms with Crippen LogP contribution < -0.4 is 4.74 Å². The molecule has 1 N–H and O–H groups in total. The van der Waals surface area contributed by atoms with Gasteiger partial charge in [-0.05, 0) is 19.8 Å². The summed E-state index contributed by atoms with van der Waals surface area (Å²) in [5.74, 6) is -1.84. The van der Waals surface area contributed by atoms with Crippen LogP contribution in [0.1, 0.15) is 32.4 Å². The van der Waals surface area contributed by atoms with Gasteiger partial charge in [-0.25, -0.2) is 8.78 Å². The average Bonchev–Trinajstić information content (AvgIpc) is 2.62. The van der Waals surface area contributed by atoms with Crippen molar-refractivity contribution in [3.63, 3.8) is 0 Å². The molecule has 3 nitrogen and oxygen atoms in total. The summed E-state index contributed by atoms with van der Waals surface area (Å²) in [5.41, 5.74) is -0.313. The van der Waals surface area contributed by atoms with E-state index in [4.69, 9.17) is 9.47 Å². The standard InChI is InChI=1S/C15H20F2O3/c1-7-8(2)20-9(3)13(7)15(18)14-11(16)5-10(19-4)6-12(14)17/h5-9,13,15,18H,1-4H3. The first-order valence-electron chi connectivity index (χ1n) is 6.73. The molecule has 0 amide bonds. The van der Waals surface area contributed by atoms with Crippen LogP contribution in [0.4, 0.5) is 8.78 Å². The highest BCUT2D eigenvalue weighted by Crippen LogP contribution is 2.42. The van der Waals surface area contributed by atoms with Gasteiger partial charge in [0.25, 0.3) is 0 Å². The Morgan fingerprint density at radius 2 is 1.70 bits per heavy atom. The normalized spacial score (nSPS) is 31.4. The Balaban J connectivity index is 2.36. The lowest BCUT2D eigenvalue weighted by atomic mass is 9.82. The highest BCUT2D eigenvalue weighted by molar-refractivity contribution is 5.32. The van der Waals surface area contributed by atoms with Gasteiger partial charge in [-0.1, -0.05) is 6.92 Å². The molecule has 5 unspecified atom stereocenters. The van der Waals surface area contributed by atoms with Crippen molar-refractivity contribution in [3.05, 3.63) is 29.3 Å². The van der Waals surface area contributed by atoms with Gasteiger partial charge in [0.1, 0.15) is 17.4 Å². The molecule has 0 spiro atoms. The molecule has 1 saturated heterocycles. The minimum absolute atomic E-state index is 0.0147. The first kappa shape index (κ1) is 15.2. The monoisotopic (exact) mass is 286 g/mol. The summed E-state index contributed by atoms with van der Waals surface area (Å²) in [5, 5.41) is 10.4. The molecule has 0 aromatic heterocycles. The minimum atomic E-state index is -1.24. The molecular weight excluding hydrogens is 266 g/mol. The topological polar surface area (TPSA) is 38.7 Å². The number of aliphatic hydroxyl groups excluding tert-OH is 1. The van der Waals surface area contributed by atoms with E-state index in [0.29, 0.717) is 0 Å². The van der Waals surface area contributed by atoms with E-state index in [1.807, 2.05) is 20.8 Å². The Kier molecular flexibility index (Phi) is 4.30. The van der Waals surface area contributed by atoms with Gasteiger partial charge >= 0.3 is 0 Å². The van der Waals surface area contributed by atoms with Crippen molar-refractivity contribution in [2.75, 3.05) is 7.11 Å². The van der Waals surface area contributed by atoms with Gasteiger partial charge < -0.3 is 14.6 Å². The predicted octanol–water partition coefficient (Wildman–Crippen LogP) is 3.07. The van der Waals surface area contributed by atoms with E-state index in [1.165, 1.54) is 7.11 Å². The molecule has 0 aliphatic carbocycles. The maximum Gasteiger partial charge on any atom is 0.135 e. The van der Waals surface area contributed by atoms with E-state index >= 15 is 0 Å². The van der Waals surface area contributed by atoms with E-state index in [-0.39, 0.29) is 35.4 Å². The van der Waals surface area contributed by atoms with E-state index < -0.39 is 17.7 Å². The van der Waals surface area contributed by atoms with E-state index in [2.05, 4.69) is 0 Å². The number of hydrogen-bond acceptors (Lipinski definition) is 3. The summed E-state index contributed by atoms with van der Waals surface area (Å²) < 4.78 is 38.5. The maximum absolute atomic E-state index is 14.0. The zero-order chi connectivity index (χ0) is 15.0. The second-order valence-electron chi connectivity index (χ2n) is 5.43. The summed E-state index contributed by atoms with van der Waals surface area (Å²) in [6.07, 6.45) is -1.54. The summed E-state index contributed by atoms with van der Waals surface area (Å²) in [7, 11) is 1.33. The number of aliphatic hydroxyl groups is 1. The second-order valence-corrected chi connectivity index (χ2v) is 5.43. The van der Waals surface area contributed by atoms with Crippen molar-refractivity contribution in [1.82, 2.24) is 0 Å². The summed E-state index contributed by atoms with van der Waals surface area (Å²) in [6.45, 7) is 5.63. The summed E-state index contributed by atoms with van der Waals surface area (Å²) in [6, 6.07) is 2.16. The Morgan fingerprint density at radius 1 is 1.15 bits per heavy atom. The van der Waals surface area contributed by atoms with Crippen LogP contribution in [-0.4, -0.2) is 24.4 Å². The van der Waals surface area contributed by atoms with Gasteiger partial charge in [0, 0.05) is 18.1 Å². The zero-order valence-electron chi connectivity index (χ0n) is 12.1. The number of methoxy groups -OCH3 is 1. The number of benzene rings is 1. The molecule has 20 heavy (non-hydrogen) atoms. The van der Waals surface area contributed by atoms with Crippen molar-refractivity contribution in [3.8, 4) is 5.75 Å². The molecule has 1 aliphatic rings. The number of halogens is 2. The Morgan fingerprint density at radius 3 is 2.10 bits per heavy atom. The highest BCUT2D eigenvalue weighted by atomic mass is 19.1. The Bertz CT molecular complexity index is 469. The van der Waals surface area contributed by atoms with E-state index in [0.717, 1.165) is 12.1 Å². The molecule has 1 heterocycles. The van der Waals surface area contributed by atoms with Crippen LogP contribution in [0.3, 0.4) is 0 Å². The predicted molar refractivity (Wildman–Crippen MR) is 70.5 cm³/mol. The maximum atomic E-state index is 14.0.